The Morgan fingerprint density at radius 3 is 2.50 bits per heavy atom. The number of hydrogen-bond donors (Lipinski definition) is 1. The van der Waals surface area contributed by atoms with Crippen LogP contribution in [-0.4, -0.2) is 6.04 Å². The third-order valence-electron chi connectivity index (χ3n) is 2.71. The zero-order valence-electron chi connectivity index (χ0n) is 10.0. The Bertz CT molecular complexity index is 318. The molecule has 0 aliphatic carbocycles. The molecule has 2 heteroatoms. The highest BCUT2D eigenvalue weighted by atomic mass is 19.1. The van der Waals surface area contributed by atoms with Gasteiger partial charge in [0.25, 0.3) is 0 Å². The van der Waals surface area contributed by atoms with Crippen LogP contribution in [0.3, 0.4) is 0 Å². The van der Waals surface area contributed by atoms with Gasteiger partial charge in [0.05, 0.1) is 0 Å². The van der Waals surface area contributed by atoms with Crippen LogP contribution in [-0.2, 0) is 0 Å². The summed E-state index contributed by atoms with van der Waals surface area (Å²) in [6, 6.07) is 7.35. The number of hydrogen-bond acceptors (Lipinski definition) is 1. The Labute approximate surface area is 97.4 Å². The van der Waals surface area contributed by atoms with Gasteiger partial charge in [-0.2, -0.15) is 0 Å². The van der Waals surface area contributed by atoms with Gasteiger partial charge < -0.3 is 5.32 Å². The molecule has 0 aromatic heterocycles. The van der Waals surface area contributed by atoms with Crippen LogP contribution in [0, 0.1) is 5.82 Å². The molecule has 16 heavy (non-hydrogen) atoms. The molecular formula is C14H20FN. The van der Waals surface area contributed by atoms with Gasteiger partial charge >= 0.3 is 0 Å². The molecule has 0 spiro atoms. The highest BCUT2D eigenvalue weighted by molar-refractivity contribution is 5.19. The zero-order valence-corrected chi connectivity index (χ0v) is 10.0. The van der Waals surface area contributed by atoms with Crippen molar-refractivity contribution in [2.45, 2.75) is 38.8 Å². The van der Waals surface area contributed by atoms with Crippen molar-refractivity contribution in [2.75, 3.05) is 0 Å². The van der Waals surface area contributed by atoms with E-state index in [0.29, 0.717) is 6.04 Å². The molecule has 0 saturated heterocycles. The first-order valence-electron chi connectivity index (χ1n) is 5.76. The minimum absolute atomic E-state index is 0.185. The van der Waals surface area contributed by atoms with Crippen molar-refractivity contribution in [1.82, 2.24) is 5.32 Å². The first kappa shape index (κ1) is 12.9. The molecule has 0 aliphatic rings. The largest absolute Gasteiger partial charge is 0.308 e. The molecule has 1 N–H and O–H groups in total. The third kappa shape index (κ3) is 4.15. The maximum Gasteiger partial charge on any atom is 0.123 e. The summed E-state index contributed by atoms with van der Waals surface area (Å²) < 4.78 is 12.7. The lowest BCUT2D eigenvalue weighted by molar-refractivity contribution is 0.458. The molecule has 0 fully saturated rings. The Kier molecular flexibility index (Phi) is 5.20. The Hall–Kier alpha value is -1.15. The second-order valence-corrected chi connectivity index (χ2v) is 4.21. The third-order valence-corrected chi connectivity index (χ3v) is 2.71. The first-order valence-corrected chi connectivity index (χ1v) is 5.76. The number of benzene rings is 1. The summed E-state index contributed by atoms with van der Waals surface area (Å²) in [4.78, 5) is 0. The first-order chi connectivity index (χ1) is 7.63. The van der Waals surface area contributed by atoms with E-state index < -0.39 is 0 Å². The fourth-order valence-corrected chi connectivity index (χ4v) is 1.73. The maximum absolute atomic E-state index is 12.7. The summed E-state index contributed by atoms with van der Waals surface area (Å²) >= 11 is 0. The zero-order chi connectivity index (χ0) is 12.0. The van der Waals surface area contributed by atoms with Crippen molar-refractivity contribution in [1.29, 1.82) is 0 Å². The topological polar surface area (TPSA) is 12.0 Å². The van der Waals surface area contributed by atoms with Crippen LogP contribution in [0.25, 0.3) is 0 Å². The SMILES string of the molecule is C=CCCC(C)NC(C)c1ccc(F)cc1. The fourth-order valence-electron chi connectivity index (χ4n) is 1.73. The molecule has 0 heterocycles. The number of rotatable bonds is 6. The van der Waals surface area contributed by atoms with Crippen molar-refractivity contribution in [2.24, 2.45) is 0 Å². The molecule has 1 rings (SSSR count). The van der Waals surface area contributed by atoms with Crippen molar-refractivity contribution >= 4 is 0 Å². The molecular weight excluding hydrogens is 201 g/mol. The molecule has 1 nitrogen and oxygen atoms in total. The Balaban J connectivity index is 2.48. The second kappa shape index (κ2) is 6.44. The van der Waals surface area contributed by atoms with E-state index in [4.69, 9.17) is 0 Å². The molecule has 2 atom stereocenters. The average molecular weight is 221 g/mol. The minimum Gasteiger partial charge on any atom is -0.308 e. The molecule has 1 aromatic carbocycles. The predicted octanol–water partition coefficient (Wildman–Crippen LogP) is 3.83. The smallest absolute Gasteiger partial charge is 0.123 e. The maximum atomic E-state index is 12.7. The van der Waals surface area contributed by atoms with Gasteiger partial charge in [0.1, 0.15) is 5.82 Å². The molecule has 0 amide bonds. The van der Waals surface area contributed by atoms with Crippen LogP contribution in [0.2, 0.25) is 0 Å². The van der Waals surface area contributed by atoms with E-state index in [9.17, 15) is 4.39 Å². The molecule has 0 aliphatic heterocycles. The average Bonchev–Trinajstić information content (AvgIpc) is 2.27. The van der Waals surface area contributed by atoms with E-state index in [-0.39, 0.29) is 11.9 Å². The molecule has 88 valence electrons. The van der Waals surface area contributed by atoms with Gasteiger partial charge in [-0.1, -0.05) is 18.2 Å². The summed E-state index contributed by atoms with van der Waals surface area (Å²) in [5.41, 5.74) is 1.12. The summed E-state index contributed by atoms with van der Waals surface area (Å²) in [6.45, 7) is 7.96. The molecule has 0 radical (unpaired) electrons. The number of allylic oxidation sites excluding steroid dienone is 1. The van der Waals surface area contributed by atoms with E-state index in [1.807, 2.05) is 18.2 Å². The van der Waals surface area contributed by atoms with E-state index in [1.165, 1.54) is 12.1 Å². The lowest BCUT2D eigenvalue weighted by Gasteiger charge is -2.19. The fraction of sp³-hybridized carbons (Fsp3) is 0.429. The molecule has 1 aromatic rings. The van der Waals surface area contributed by atoms with Crippen LogP contribution in [0.15, 0.2) is 36.9 Å². The van der Waals surface area contributed by atoms with Crippen LogP contribution < -0.4 is 5.32 Å². The normalized spacial score (nSPS) is 14.4. The van der Waals surface area contributed by atoms with E-state index in [1.54, 1.807) is 0 Å². The van der Waals surface area contributed by atoms with E-state index in [0.717, 1.165) is 18.4 Å². The Morgan fingerprint density at radius 1 is 1.31 bits per heavy atom. The summed E-state index contributed by atoms with van der Waals surface area (Å²) in [5.74, 6) is -0.185. The van der Waals surface area contributed by atoms with Crippen LogP contribution in [0.4, 0.5) is 4.39 Å². The van der Waals surface area contributed by atoms with Gasteiger partial charge in [0.15, 0.2) is 0 Å². The molecule has 0 saturated carbocycles. The van der Waals surface area contributed by atoms with Gasteiger partial charge in [0.2, 0.25) is 0 Å². The van der Waals surface area contributed by atoms with E-state index in [2.05, 4.69) is 25.7 Å². The summed E-state index contributed by atoms with van der Waals surface area (Å²) in [7, 11) is 0. The van der Waals surface area contributed by atoms with Gasteiger partial charge in [-0.05, 0) is 44.4 Å². The lowest BCUT2D eigenvalue weighted by atomic mass is 10.1. The quantitative estimate of drug-likeness (QED) is 0.720. The second-order valence-electron chi connectivity index (χ2n) is 4.21. The molecule has 0 bridgehead atoms. The lowest BCUT2D eigenvalue weighted by Crippen LogP contribution is -2.28. The Morgan fingerprint density at radius 2 is 1.94 bits per heavy atom. The van der Waals surface area contributed by atoms with Crippen LogP contribution >= 0.6 is 0 Å². The predicted molar refractivity (Wildman–Crippen MR) is 66.8 cm³/mol. The minimum atomic E-state index is -0.185. The van der Waals surface area contributed by atoms with Crippen LogP contribution in [0.5, 0.6) is 0 Å². The highest BCUT2D eigenvalue weighted by Gasteiger charge is 2.08. The highest BCUT2D eigenvalue weighted by Crippen LogP contribution is 2.14. The number of nitrogens with one attached hydrogen (secondary N) is 1. The van der Waals surface area contributed by atoms with Crippen molar-refractivity contribution < 1.29 is 4.39 Å². The van der Waals surface area contributed by atoms with E-state index >= 15 is 0 Å². The van der Waals surface area contributed by atoms with Gasteiger partial charge in [-0.3, -0.25) is 0 Å². The standard InChI is InChI=1S/C14H20FN/c1-4-5-6-11(2)16-12(3)13-7-9-14(15)10-8-13/h4,7-12,16H,1,5-6H2,2-3H3. The van der Waals surface area contributed by atoms with Crippen LogP contribution in [0.1, 0.15) is 38.3 Å². The molecule has 2 unspecified atom stereocenters. The number of halogens is 1. The van der Waals surface area contributed by atoms with Gasteiger partial charge in [0, 0.05) is 12.1 Å². The van der Waals surface area contributed by atoms with Gasteiger partial charge in [-0.25, -0.2) is 4.39 Å². The summed E-state index contributed by atoms with van der Waals surface area (Å²) in [5, 5.41) is 3.48. The summed E-state index contributed by atoms with van der Waals surface area (Å²) in [6.07, 6.45) is 4.03. The van der Waals surface area contributed by atoms with Crippen molar-refractivity contribution in [3.8, 4) is 0 Å². The van der Waals surface area contributed by atoms with Crippen molar-refractivity contribution in [3.63, 3.8) is 0 Å². The monoisotopic (exact) mass is 221 g/mol. The van der Waals surface area contributed by atoms with Gasteiger partial charge in [-0.15, -0.1) is 6.58 Å². The van der Waals surface area contributed by atoms with Crippen molar-refractivity contribution in [3.05, 3.63) is 48.3 Å².